The minimum Gasteiger partial charge on any atom is -0.308 e. The number of rotatable bonds is 6. The van der Waals surface area contributed by atoms with E-state index >= 15 is 0 Å². The van der Waals surface area contributed by atoms with Gasteiger partial charge in [0.15, 0.2) is 0 Å². The molecular weight excluding hydrogens is 263 g/mol. The van der Waals surface area contributed by atoms with Crippen LogP contribution in [0, 0.1) is 5.82 Å². The van der Waals surface area contributed by atoms with Crippen LogP contribution in [0.15, 0.2) is 35.4 Å². The van der Waals surface area contributed by atoms with Crippen LogP contribution in [0.5, 0.6) is 0 Å². The third-order valence-corrected chi connectivity index (χ3v) is 3.94. The van der Waals surface area contributed by atoms with Crippen LogP contribution in [0.3, 0.4) is 0 Å². The van der Waals surface area contributed by atoms with E-state index in [4.69, 9.17) is 0 Å². The minimum atomic E-state index is -0.175. The zero-order valence-electron chi connectivity index (χ0n) is 11.0. The van der Waals surface area contributed by atoms with Gasteiger partial charge in [-0.3, -0.25) is 4.68 Å². The summed E-state index contributed by atoms with van der Waals surface area (Å²) in [5.74, 6) is 0.557. The Morgan fingerprint density at radius 1 is 1.42 bits per heavy atom. The Balaban J connectivity index is 2.06. The predicted octanol–water partition coefficient (Wildman–Crippen LogP) is 2.40. The van der Waals surface area contributed by atoms with Crippen molar-refractivity contribution in [2.24, 2.45) is 7.05 Å². The number of aryl methyl sites for hydroxylation is 1. The molecule has 0 saturated carbocycles. The molecule has 0 aliphatic rings. The van der Waals surface area contributed by atoms with E-state index in [9.17, 15) is 4.39 Å². The number of hydrogen-bond acceptors (Lipinski definition) is 4. The van der Waals surface area contributed by atoms with Crippen LogP contribution >= 0.6 is 11.8 Å². The lowest BCUT2D eigenvalue weighted by atomic mass is 10.2. The first-order valence-corrected chi connectivity index (χ1v) is 7.16. The first-order valence-electron chi connectivity index (χ1n) is 6.17. The molecule has 1 aromatic heterocycles. The molecule has 0 radical (unpaired) electrons. The fourth-order valence-corrected chi connectivity index (χ4v) is 2.86. The van der Waals surface area contributed by atoms with Gasteiger partial charge in [0.05, 0.1) is 17.9 Å². The zero-order chi connectivity index (χ0) is 13.7. The molecule has 0 fully saturated rings. The number of halogens is 1. The van der Waals surface area contributed by atoms with Crippen molar-refractivity contribution < 1.29 is 4.39 Å². The lowest BCUT2D eigenvalue weighted by Crippen LogP contribution is -2.25. The van der Waals surface area contributed by atoms with Gasteiger partial charge in [-0.25, -0.2) is 4.39 Å². The summed E-state index contributed by atoms with van der Waals surface area (Å²) >= 11 is 1.50. The van der Waals surface area contributed by atoms with Crippen LogP contribution in [0.2, 0.25) is 0 Å². The zero-order valence-corrected chi connectivity index (χ0v) is 11.8. The van der Waals surface area contributed by atoms with Crippen LogP contribution < -0.4 is 5.32 Å². The second kappa shape index (κ2) is 6.68. The highest BCUT2D eigenvalue weighted by atomic mass is 32.2. The van der Waals surface area contributed by atoms with Gasteiger partial charge in [0.2, 0.25) is 0 Å². The maximum atomic E-state index is 13.6. The molecule has 4 nitrogen and oxygen atoms in total. The van der Waals surface area contributed by atoms with Gasteiger partial charge in [-0.05, 0) is 18.7 Å². The van der Waals surface area contributed by atoms with Crippen molar-refractivity contribution in [3.8, 4) is 0 Å². The topological polar surface area (TPSA) is 42.7 Å². The Bertz CT molecular complexity index is 529. The number of aromatic nitrogens is 3. The largest absolute Gasteiger partial charge is 0.308 e. The normalized spacial score (nSPS) is 12.6. The quantitative estimate of drug-likeness (QED) is 0.825. The summed E-state index contributed by atoms with van der Waals surface area (Å²) in [4.78, 5) is 0.667. The van der Waals surface area contributed by atoms with Crippen LogP contribution in [-0.2, 0) is 7.05 Å². The number of nitrogens with one attached hydrogen (secondary N) is 1. The van der Waals surface area contributed by atoms with Crippen LogP contribution in [0.1, 0.15) is 18.7 Å². The Morgan fingerprint density at radius 3 is 2.84 bits per heavy atom. The van der Waals surface area contributed by atoms with Crippen molar-refractivity contribution in [2.75, 3.05) is 12.3 Å². The van der Waals surface area contributed by atoms with Gasteiger partial charge in [0.25, 0.3) is 0 Å². The van der Waals surface area contributed by atoms with Gasteiger partial charge in [0.1, 0.15) is 5.82 Å². The second-order valence-corrected chi connectivity index (χ2v) is 5.20. The Labute approximate surface area is 116 Å². The number of thioether (sulfide) groups is 1. The first kappa shape index (κ1) is 14.0. The minimum absolute atomic E-state index is 0.106. The number of benzene rings is 1. The van der Waals surface area contributed by atoms with E-state index in [0.717, 1.165) is 18.0 Å². The van der Waals surface area contributed by atoms with Gasteiger partial charge in [-0.1, -0.05) is 24.3 Å². The van der Waals surface area contributed by atoms with E-state index < -0.39 is 0 Å². The summed E-state index contributed by atoms with van der Waals surface area (Å²) in [5, 5.41) is 11.2. The summed E-state index contributed by atoms with van der Waals surface area (Å²) in [5.41, 5.74) is 1.01. The Hall–Kier alpha value is -1.40. The molecule has 6 heteroatoms. The predicted molar refractivity (Wildman–Crippen MR) is 74.5 cm³/mol. The summed E-state index contributed by atoms with van der Waals surface area (Å²) in [6, 6.07) is 6.93. The van der Waals surface area contributed by atoms with Gasteiger partial charge in [-0.15, -0.1) is 16.9 Å². The molecule has 0 bridgehead atoms. The van der Waals surface area contributed by atoms with E-state index in [1.54, 1.807) is 23.0 Å². The van der Waals surface area contributed by atoms with Crippen molar-refractivity contribution >= 4 is 11.8 Å². The van der Waals surface area contributed by atoms with E-state index in [2.05, 4.69) is 15.6 Å². The molecule has 0 aliphatic carbocycles. The van der Waals surface area contributed by atoms with Crippen LogP contribution in [-0.4, -0.2) is 27.3 Å². The molecule has 0 saturated heterocycles. The second-order valence-electron chi connectivity index (χ2n) is 4.13. The highest BCUT2D eigenvalue weighted by Crippen LogP contribution is 2.26. The van der Waals surface area contributed by atoms with E-state index in [1.165, 1.54) is 17.8 Å². The lowest BCUT2D eigenvalue weighted by molar-refractivity contribution is 0.548. The van der Waals surface area contributed by atoms with Crippen molar-refractivity contribution in [3.63, 3.8) is 0 Å². The van der Waals surface area contributed by atoms with Crippen molar-refractivity contribution in [3.05, 3.63) is 42.0 Å². The Kier molecular flexibility index (Phi) is 4.93. The van der Waals surface area contributed by atoms with E-state index in [-0.39, 0.29) is 11.9 Å². The average Bonchev–Trinajstić information content (AvgIpc) is 2.82. The van der Waals surface area contributed by atoms with Gasteiger partial charge >= 0.3 is 0 Å². The fourth-order valence-electron chi connectivity index (χ4n) is 1.84. The maximum absolute atomic E-state index is 13.6. The molecule has 1 atom stereocenters. The Morgan fingerprint density at radius 2 is 2.21 bits per heavy atom. The van der Waals surface area contributed by atoms with Crippen LogP contribution in [0.4, 0.5) is 4.39 Å². The highest BCUT2D eigenvalue weighted by Gasteiger charge is 2.15. The van der Waals surface area contributed by atoms with Crippen molar-refractivity contribution in [1.82, 2.24) is 20.3 Å². The monoisotopic (exact) mass is 280 g/mol. The maximum Gasteiger partial charge on any atom is 0.136 e. The summed E-state index contributed by atoms with van der Waals surface area (Å²) < 4.78 is 15.3. The average molecular weight is 280 g/mol. The molecular formula is C13H17FN4S. The molecule has 102 valence electrons. The molecule has 1 unspecified atom stereocenters. The fraction of sp³-hybridized carbons (Fsp3) is 0.385. The van der Waals surface area contributed by atoms with Crippen molar-refractivity contribution in [1.29, 1.82) is 0 Å². The smallest absolute Gasteiger partial charge is 0.136 e. The summed E-state index contributed by atoms with van der Waals surface area (Å²) in [6.07, 6.45) is 1.75. The van der Waals surface area contributed by atoms with Crippen molar-refractivity contribution in [2.45, 2.75) is 17.9 Å². The summed E-state index contributed by atoms with van der Waals surface area (Å²) in [6.45, 7) is 2.89. The van der Waals surface area contributed by atoms with Crippen LogP contribution in [0.25, 0.3) is 0 Å². The molecule has 1 heterocycles. The van der Waals surface area contributed by atoms with Gasteiger partial charge in [-0.2, -0.15) is 0 Å². The standard InChI is InChI=1S/C13H17FN4S/c1-3-15-11(12-8-16-17-18(12)2)9-19-13-7-5-4-6-10(13)14/h4-8,11,15H,3,9H2,1-2H3. The molecule has 1 aromatic carbocycles. The highest BCUT2D eigenvalue weighted by molar-refractivity contribution is 7.99. The van der Waals surface area contributed by atoms with Gasteiger partial charge in [0, 0.05) is 17.7 Å². The third-order valence-electron chi connectivity index (χ3n) is 2.80. The van der Waals surface area contributed by atoms with Gasteiger partial charge < -0.3 is 5.32 Å². The number of hydrogen-bond donors (Lipinski definition) is 1. The SMILES string of the molecule is CCNC(CSc1ccccc1F)c1cnnn1C. The summed E-state index contributed by atoms with van der Waals surface area (Å²) in [7, 11) is 1.86. The first-order chi connectivity index (χ1) is 9.22. The molecule has 19 heavy (non-hydrogen) atoms. The molecule has 1 N–H and O–H groups in total. The lowest BCUT2D eigenvalue weighted by Gasteiger charge is -2.17. The molecule has 0 amide bonds. The molecule has 2 aromatic rings. The van der Waals surface area contributed by atoms with E-state index in [1.807, 2.05) is 20.0 Å². The van der Waals surface area contributed by atoms with E-state index in [0.29, 0.717) is 4.90 Å². The molecule has 0 aliphatic heterocycles. The third kappa shape index (κ3) is 3.54. The molecule has 2 rings (SSSR count). The molecule has 0 spiro atoms. The number of nitrogens with zero attached hydrogens (tertiary/aromatic N) is 3.